The van der Waals surface area contributed by atoms with E-state index in [-0.39, 0.29) is 54.6 Å². The normalized spacial score (nSPS) is 10.1. The van der Waals surface area contributed by atoms with Crippen LogP contribution in [0.1, 0.15) is 110 Å². The molecule has 0 amide bonds. The van der Waals surface area contributed by atoms with Gasteiger partial charge in [0.05, 0.1) is 5.97 Å². The molecule has 0 saturated carbocycles. The van der Waals surface area contributed by atoms with E-state index in [0.29, 0.717) is 0 Å². The topological polar surface area (TPSA) is 121 Å². The number of carbonyl (C=O) groups excluding carboxylic acids is 1. The zero-order valence-electron chi connectivity index (χ0n) is 21.2. The van der Waals surface area contributed by atoms with Crippen molar-refractivity contribution in [3.05, 3.63) is 58.7 Å². The van der Waals surface area contributed by atoms with Crippen molar-refractivity contribution >= 4 is 49.7 Å². The molecular formula is C28H38CaO6. The maximum Gasteiger partial charge on any atom is 2.00 e. The second-order valence-electron chi connectivity index (χ2n) is 8.60. The summed E-state index contributed by atoms with van der Waals surface area (Å²) in [6, 6.07) is 9.27. The average molecular weight is 511 g/mol. The maximum atomic E-state index is 11.4. The molecule has 0 aromatic heterocycles. The Morgan fingerprint density at radius 3 is 1.60 bits per heavy atom. The van der Waals surface area contributed by atoms with E-state index in [4.69, 9.17) is 5.11 Å². The van der Waals surface area contributed by atoms with Gasteiger partial charge < -0.3 is 25.2 Å². The Hall–Kier alpha value is -1.76. The summed E-state index contributed by atoms with van der Waals surface area (Å²) in [5.41, 5.74) is 1.64. The molecule has 0 heterocycles. The Morgan fingerprint density at radius 2 is 1.20 bits per heavy atom. The van der Waals surface area contributed by atoms with Gasteiger partial charge in [0.1, 0.15) is 11.3 Å². The number of aryl methyl sites for hydroxylation is 2. The van der Waals surface area contributed by atoms with Crippen molar-refractivity contribution in [2.24, 2.45) is 0 Å². The van der Waals surface area contributed by atoms with E-state index in [9.17, 15) is 24.9 Å². The first-order valence-electron chi connectivity index (χ1n) is 12.4. The van der Waals surface area contributed by atoms with Crippen LogP contribution in [0.25, 0.3) is 0 Å². The third-order valence-electron chi connectivity index (χ3n) is 5.70. The second kappa shape index (κ2) is 19.4. The fourth-order valence-electron chi connectivity index (χ4n) is 3.67. The Morgan fingerprint density at radius 1 is 0.743 bits per heavy atom. The Labute approximate surface area is 239 Å². The minimum atomic E-state index is -1.40. The summed E-state index contributed by atoms with van der Waals surface area (Å²) in [7, 11) is 0. The molecule has 0 bridgehead atoms. The van der Waals surface area contributed by atoms with Gasteiger partial charge in [0.2, 0.25) is 0 Å². The van der Waals surface area contributed by atoms with Gasteiger partial charge in [0, 0.05) is 0 Å². The Kier molecular flexibility index (Phi) is 18.5. The number of rotatable bonds is 14. The van der Waals surface area contributed by atoms with Crippen molar-refractivity contribution in [3.63, 3.8) is 0 Å². The molecule has 0 aliphatic heterocycles. The third kappa shape index (κ3) is 13.8. The summed E-state index contributed by atoms with van der Waals surface area (Å²) in [4.78, 5) is 21.3. The summed E-state index contributed by atoms with van der Waals surface area (Å²) >= 11 is 0. The van der Waals surface area contributed by atoms with Gasteiger partial charge in [-0.25, -0.2) is 4.79 Å². The van der Waals surface area contributed by atoms with E-state index >= 15 is 0 Å². The van der Waals surface area contributed by atoms with Crippen molar-refractivity contribution in [2.45, 2.75) is 90.9 Å². The zero-order chi connectivity index (χ0) is 25.3. The summed E-state index contributed by atoms with van der Waals surface area (Å²) < 4.78 is 0. The molecule has 0 unspecified atom stereocenters. The molecule has 2 aromatic carbocycles. The van der Waals surface area contributed by atoms with Crippen LogP contribution < -0.4 is 10.2 Å². The SMILES string of the molecule is CCCCCCCc1ccc(C(=O)O)c(O)c1.CCCCCCCc1ccc(C(=O)[O-])c([O-])c1.[Ca+2]. The van der Waals surface area contributed by atoms with Crippen molar-refractivity contribution in [1.82, 2.24) is 0 Å². The van der Waals surface area contributed by atoms with Gasteiger partial charge in [-0.3, -0.25) is 0 Å². The summed E-state index contributed by atoms with van der Waals surface area (Å²) in [5.74, 6) is -3.07. The molecule has 0 aliphatic rings. The minimum absolute atomic E-state index is 0. The smallest absolute Gasteiger partial charge is 0.872 e. The number of carboxylic acids is 2. The third-order valence-corrected chi connectivity index (χ3v) is 5.70. The number of benzene rings is 2. The van der Waals surface area contributed by atoms with E-state index in [1.54, 1.807) is 18.2 Å². The van der Waals surface area contributed by atoms with Crippen LogP contribution in [0.2, 0.25) is 0 Å². The quantitative estimate of drug-likeness (QED) is 0.277. The minimum Gasteiger partial charge on any atom is -0.872 e. The summed E-state index contributed by atoms with van der Waals surface area (Å²) in [6.07, 6.45) is 13.6. The van der Waals surface area contributed by atoms with Crippen molar-refractivity contribution < 1.29 is 30.0 Å². The molecule has 0 radical (unpaired) electrons. The van der Waals surface area contributed by atoms with Crippen LogP contribution in [0.5, 0.6) is 11.5 Å². The predicted molar refractivity (Wildman–Crippen MR) is 136 cm³/mol. The number of carbonyl (C=O) groups is 2. The van der Waals surface area contributed by atoms with Gasteiger partial charge >= 0.3 is 43.7 Å². The zero-order valence-corrected chi connectivity index (χ0v) is 23.4. The van der Waals surface area contributed by atoms with Crippen LogP contribution in [0.15, 0.2) is 36.4 Å². The van der Waals surface area contributed by atoms with E-state index in [2.05, 4.69) is 13.8 Å². The van der Waals surface area contributed by atoms with Gasteiger partial charge in [-0.15, -0.1) is 0 Å². The first kappa shape index (κ1) is 33.2. The number of hydrogen-bond acceptors (Lipinski definition) is 5. The largest absolute Gasteiger partial charge is 2.00 e. The fraction of sp³-hybridized carbons (Fsp3) is 0.500. The van der Waals surface area contributed by atoms with Gasteiger partial charge in [0.15, 0.2) is 0 Å². The van der Waals surface area contributed by atoms with E-state index < -0.39 is 17.7 Å². The van der Waals surface area contributed by atoms with Crippen LogP contribution in [-0.4, -0.2) is 59.9 Å². The number of hydrogen-bond donors (Lipinski definition) is 2. The second-order valence-corrected chi connectivity index (χ2v) is 8.60. The molecule has 7 heteroatoms. The number of phenols is 1. The predicted octanol–water partition coefficient (Wildman–Crippen LogP) is 4.86. The van der Waals surface area contributed by atoms with E-state index in [1.165, 1.54) is 63.1 Å². The molecule has 6 nitrogen and oxygen atoms in total. The van der Waals surface area contributed by atoms with Crippen LogP contribution in [-0.2, 0) is 12.8 Å². The molecular weight excluding hydrogens is 472 g/mol. The first-order chi connectivity index (χ1) is 16.3. The van der Waals surface area contributed by atoms with Crippen LogP contribution >= 0.6 is 0 Å². The molecule has 0 aliphatic carbocycles. The van der Waals surface area contributed by atoms with Crippen molar-refractivity contribution in [1.29, 1.82) is 0 Å². The molecule has 35 heavy (non-hydrogen) atoms. The van der Waals surface area contributed by atoms with E-state index in [0.717, 1.165) is 43.2 Å². The maximum absolute atomic E-state index is 11.4. The van der Waals surface area contributed by atoms with Crippen LogP contribution in [0.3, 0.4) is 0 Å². The number of aromatic hydroxyl groups is 1. The average Bonchev–Trinajstić information content (AvgIpc) is 2.79. The Bertz CT molecular complexity index is 824. The molecule has 188 valence electrons. The number of aromatic carboxylic acids is 2. The molecule has 0 spiro atoms. The van der Waals surface area contributed by atoms with Crippen molar-refractivity contribution in [3.8, 4) is 11.5 Å². The number of carboxylic acid groups (broad SMARTS) is 2. The van der Waals surface area contributed by atoms with Crippen LogP contribution in [0, 0.1) is 0 Å². The molecule has 0 fully saturated rings. The summed E-state index contributed by atoms with van der Waals surface area (Å²) in [5, 5.41) is 40.2. The fourth-order valence-corrected chi connectivity index (χ4v) is 3.67. The van der Waals surface area contributed by atoms with Gasteiger partial charge in [-0.2, -0.15) is 0 Å². The molecule has 0 saturated heterocycles. The molecule has 2 aromatic rings. The van der Waals surface area contributed by atoms with Crippen LogP contribution in [0.4, 0.5) is 0 Å². The molecule has 2 rings (SSSR count). The molecule has 0 atom stereocenters. The van der Waals surface area contributed by atoms with Crippen molar-refractivity contribution in [2.75, 3.05) is 0 Å². The number of unbranched alkanes of at least 4 members (excludes halogenated alkanes) is 8. The van der Waals surface area contributed by atoms with Gasteiger partial charge in [-0.1, -0.05) is 95.2 Å². The Balaban J connectivity index is 0.000000642. The van der Waals surface area contributed by atoms with E-state index in [1.807, 2.05) is 0 Å². The molecule has 2 N–H and O–H groups in total. The first-order valence-corrected chi connectivity index (χ1v) is 12.4. The summed E-state index contributed by atoms with van der Waals surface area (Å²) in [6.45, 7) is 4.35. The van der Waals surface area contributed by atoms with Gasteiger partial charge in [-0.05, 0) is 54.5 Å². The van der Waals surface area contributed by atoms with Gasteiger partial charge in [0.25, 0.3) is 0 Å². The monoisotopic (exact) mass is 510 g/mol. The standard InChI is InChI=1S/2C14H20O3.Ca/c2*1-2-3-4-5-6-7-11-8-9-12(14(16)17)13(15)10-11;/h2*8-10,15H,2-7H2,1H3,(H,16,17);/q;;+2/p-2.